The van der Waals surface area contributed by atoms with Gasteiger partial charge < -0.3 is 10.2 Å². The van der Waals surface area contributed by atoms with Crippen molar-refractivity contribution in [3.63, 3.8) is 0 Å². The Morgan fingerprint density at radius 3 is 2.50 bits per heavy atom. The van der Waals surface area contributed by atoms with E-state index in [4.69, 9.17) is 0 Å². The zero-order valence-corrected chi connectivity index (χ0v) is 19.4. The van der Waals surface area contributed by atoms with Crippen LogP contribution >= 0.6 is 0 Å². The summed E-state index contributed by atoms with van der Waals surface area (Å²) in [6.07, 6.45) is 7.99. The molecule has 5 rings (SSSR count). The van der Waals surface area contributed by atoms with Gasteiger partial charge in [-0.1, -0.05) is 49.6 Å². The van der Waals surface area contributed by atoms with Crippen molar-refractivity contribution in [2.45, 2.75) is 64.0 Å². The van der Waals surface area contributed by atoms with Crippen molar-refractivity contribution in [2.24, 2.45) is 5.92 Å². The molecule has 32 heavy (non-hydrogen) atoms. The van der Waals surface area contributed by atoms with Crippen molar-refractivity contribution in [1.82, 2.24) is 4.90 Å². The summed E-state index contributed by atoms with van der Waals surface area (Å²) in [5, 5.41) is 3.79. The van der Waals surface area contributed by atoms with Crippen LogP contribution < -0.4 is 10.2 Å². The number of nitrogens with one attached hydrogen (secondary N) is 1. The van der Waals surface area contributed by atoms with Crippen LogP contribution in [0.3, 0.4) is 0 Å². The second-order valence-electron chi connectivity index (χ2n) is 9.99. The summed E-state index contributed by atoms with van der Waals surface area (Å²) in [6.45, 7) is 6.04. The number of rotatable bonds is 5. The maximum Gasteiger partial charge on any atom is 0.155 e. The van der Waals surface area contributed by atoms with Gasteiger partial charge in [-0.2, -0.15) is 0 Å². The number of nitrogens with zero attached hydrogens (tertiary/aromatic N) is 2. The molecule has 0 aromatic heterocycles. The average molecular weight is 432 g/mol. The fraction of sp³-hybridized carbons (Fsp3) is 0.536. The van der Waals surface area contributed by atoms with Gasteiger partial charge in [-0.05, 0) is 61.9 Å². The number of piperazine rings is 1. The quantitative estimate of drug-likeness (QED) is 0.718. The average Bonchev–Trinajstić information content (AvgIpc) is 2.85. The van der Waals surface area contributed by atoms with E-state index >= 15 is 0 Å². The van der Waals surface area contributed by atoms with Crippen LogP contribution in [-0.2, 0) is 11.2 Å². The monoisotopic (exact) mass is 431 g/mol. The fourth-order valence-electron chi connectivity index (χ4n) is 6.04. The van der Waals surface area contributed by atoms with Gasteiger partial charge in [0.2, 0.25) is 0 Å². The predicted molar refractivity (Wildman–Crippen MR) is 133 cm³/mol. The molecule has 2 unspecified atom stereocenters. The number of carbonyl (C=O) groups is 1. The summed E-state index contributed by atoms with van der Waals surface area (Å²) in [6, 6.07) is 17.6. The third-order valence-corrected chi connectivity index (χ3v) is 7.84. The van der Waals surface area contributed by atoms with Crippen molar-refractivity contribution in [3.05, 3.63) is 59.7 Å². The lowest BCUT2D eigenvalue weighted by Crippen LogP contribution is -2.60. The molecule has 2 aromatic carbocycles. The van der Waals surface area contributed by atoms with Crippen molar-refractivity contribution in [3.8, 4) is 0 Å². The smallest absolute Gasteiger partial charge is 0.155 e. The first kappa shape index (κ1) is 21.5. The molecule has 3 aliphatic rings. The number of fused-ring (bicyclic) bond motifs is 1. The van der Waals surface area contributed by atoms with Crippen LogP contribution in [-0.4, -0.2) is 48.9 Å². The number of hydrogen-bond donors (Lipinski definition) is 1. The number of hydrogen-bond acceptors (Lipinski definition) is 4. The molecule has 2 aliphatic heterocycles. The molecule has 0 radical (unpaired) electrons. The van der Waals surface area contributed by atoms with Crippen LogP contribution in [0, 0.1) is 12.8 Å². The Hall–Kier alpha value is -2.33. The Morgan fingerprint density at radius 1 is 0.938 bits per heavy atom. The number of benzene rings is 2. The largest absolute Gasteiger partial charge is 0.380 e. The second kappa shape index (κ2) is 9.66. The van der Waals surface area contributed by atoms with Crippen molar-refractivity contribution < 1.29 is 4.79 Å². The summed E-state index contributed by atoms with van der Waals surface area (Å²) in [7, 11) is 0. The van der Waals surface area contributed by atoms with Gasteiger partial charge >= 0.3 is 0 Å². The van der Waals surface area contributed by atoms with E-state index in [-0.39, 0.29) is 18.0 Å². The van der Waals surface area contributed by atoms with Crippen molar-refractivity contribution >= 4 is 17.2 Å². The Bertz CT molecular complexity index is 928. The van der Waals surface area contributed by atoms with Gasteiger partial charge in [0, 0.05) is 49.5 Å². The molecule has 2 heterocycles. The molecule has 1 N–H and O–H groups in total. The number of carbonyl (C=O) groups excluding carboxylic acids is 1. The molecular formula is C28H37N3O. The minimum Gasteiger partial charge on any atom is -0.380 e. The molecule has 1 aliphatic carbocycles. The van der Waals surface area contributed by atoms with Crippen molar-refractivity contribution in [2.75, 3.05) is 36.4 Å². The molecule has 170 valence electrons. The summed E-state index contributed by atoms with van der Waals surface area (Å²) >= 11 is 0. The lowest BCUT2D eigenvalue weighted by atomic mass is 9.80. The van der Waals surface area contributed by atoms with Crippen molar-refractivity contribution in [1.29, 1.82) is 0 Å². The van der Waals surface area contributed by atoms with Crippen LogP contribution in [0.4, 0.5) is 11.4 Å². The standard InChI is InChI=1S/C28H37N3O/c1-21-8-7-12-24(20-21)30-16-18-31(19-17-30)27(28(32)23-10-3-2-4-11-23)26-15-14-22-9-5-6-13-25(22)29-26/h5-9,12-13,20,23,26-27,29H,2-4,10-11,14-19H2,1H3. The van der Waals surface area contributed by atoms with Gasteiger partial charge in [0.25, 0.3) is 0 Å². The molecular weight excluding hydrogens is 394 g/mol. The summed E-state index contributed by atoms with van der Waals surface area (Å²) in [5.74, 6) is 0.758. The van der Waals surface area contributed by atoms with E-state index in [2.05, 4.69) is 70.6 Å². The number of anilines is 2. The molecule has 2 fully saturated rings. The zero-order valence-electron chi connectivity index (χ0n) is 19.4. The van der Waals surface area contributed by atoms with Crippen LogP contribution in [0.1, 0.15) is 49.7 Å². The number of ketones is 1. The number of aryl methyl sites for hydroxylation is 2. The van der Waals surface area contributed by atoms with Crippen LogP contribution in [0.5, 0.6) is 0 Å². The molecule has 0 spiro atoms. The van der Waals surface area contributed by atoms with E-state index in [0.29, 0.717) is 5.78 Å². The molecule has 1 saturated carbocycles. The Balaban J connectivity index is 1.34. The van der Waals surface area contributed by atoms with Crippen LogP contribution in [0.2, 0.25) is 0 Å². The number of Topliss-reactive ketones (excluding diaryl/α,β-unsaturated/α-hetero) is 1. The van der Waals surface area contributed by atoms with E-state index < -0.39 is 0 Å². The van der Waals surface area contributed by atoms with Gasteiger partial charge in [-0.3, -0.25) is 9.69 Å². The fourth-order valence-corrected chi connectivity index (χ4v) is 6.04. The minimum atomic E-state index is -0.00823. The highest BCUT2D eigenvalue weighted by molar-refractivity contribution is 5.88. The van der Waals surface area contributed by atoms with Gasteiger partial charge in [0.1, 0.15) is 0 Å². The molecule has 0 amide bonds. The third kappa shape index (κ3) is 4.56. The first-order valence-corrected chi connectivity index (χ1v) is 12.6. The van der Waals surface area contributed by atoms with Gasteiger partial charge in [-0.25, -0.2) is 0 Å². The Kier molecular flexibility index (Phi) is 6.49. The zero-order chi connectivity index (χ0) is 21.9. The second-order valence-corrected chi connectivity index (χ2v) is 9.99. The van der Waals surface area contributed by atoms with E-state index in [9.17, 15) is 4.79 Å². The Labute approximate surface area is 193 Å². The Morgan fingerprint density at radius 2 is 1.72 bits per heavy atom. The summed E-state index contributed by atoms with van der Waals surface area (Å²) in [4.78, 5) is 18.9. The van der Waals surface area contributed by atoms with E-state index in [1.807, 2.05) is 0 Å². The lowest BCUT2D eigenvalue weighted by Gasteiger charge is -2.45. The number of para-hydroxylation sites is 1. The SMILES string of the molecule is Cc1cccc(N2CCN(C(C(=O)C3CCCCC3)C3CCc4ccccc4N3)CC2)c1. The molecule has 4 nitrogen and oxygen atoms in total. The highest BCUT2D eigenvalue weighted by atomic mass is 16.1. The lowest BCUT2D eigenvalue weighted by molar-refractivity contribution is -0.130. The molecule has 4 heteroatoms. The highest BCUT2D eigenvalue weighted by Gasteiger charge is 2.39. The highest BCUT2D eigenvalue weighted by Crippen LogP contribution is 2.32. The first-order valence-electron chi connectivity index (χ1n) is 12.6. The maximum atomic E-state index is 13.9. The van der Waals surface area contributed by atoms with Crippen LogP contribution in [0.15, 0.2) is 48.5 Å². The normalized spacial score (nSPS) is 23.3. The van der Waals surface area contributed by atoms with Crippen LogP contribution in [0.25, 0.3) is 0 Å². The third-order valence-electron chi connectivity index (χ3n) is 7.84. The van der Waals surface area contributed by atoms with Gasteiger partial charge in [0.15, 0.2) is 5.78 Å². The summed E-state index contributed by atoms with van der Waals surface area (Å²) in [5.41, 5.74) is 5.23. The maximum absolute atomic E-state index is 13.9. The first-order chi connectivity index (χ1) is 15.7. The van der Waals surface area contributed by atoms with E-state index in [0.717, 1.165) is 51.9 Å². The summed E-state index contributed by atoms with van der Waals surface area (Å²) < 4.78 is 0. The molecule has 0 bridgehead atoms. The van der Waals surface area contributed by atoms with E-state index in [1.54, 1.807) is 0 Å². The molecule has 2 atom stereocenters. The van der Waals surface area contributed by atoms with Gasteiger partial charge in [-0.15, -0.1) is 0 Å². The topological polar surface area (TPSA) is 35.6 Å². The van der Waals surface area contributed by atoms with Gasteiger partial charge in [0.05, 0.1) is 6.04 Å². The molecule has 1 saturated heterocycles. The molecule has 2 aromatic rings. The predicted octanol–water partition coefficient (Wildman–Crippen LogP) is 5.06. The van der Waals surface area contributed by atoms with E-state index in [1.165, 1.54) is 41.8 Å². The minimum absolute atomic E-state index is 0.00823.